The third kappa shape index (κ3) is 5.70. The van der Waals surface area contributed by atoms with E-state index in [-0.39, 0.29) is 5.91 Å². The molecule has 3 N–H and O–H groups in total. The van der Waals surface area contributed by atoms with Gasteiger partial charge in [0, 0.05) is 37.5 Å². The van der Waals surface area contributed by atoms with Crippen LogP contribution in [0.25, 0.3) is 16.5 Å². The summed E-state index contributed by atoms with van der Waals surface area (Å²) in [5.41, 5.74) is 12.2. The van der Waals surface area contributed by atoms with Crippen LogP contribution in [-0.2, 0) is 11.2 Å². The van der Waals surface area contributed by atoms with Crippen molar-refractivity contribution in [1.29, 1.82) is 0 Å². The lowest BCUT2D eigenvalue weighted by Crippen LogP contribution is -2.09. The number of pyridine rings is 1. The van der Waals surface area contributed by atoms with Crippen LogP contribution < -0.4 is 11.1 Å². The number of halogens is 2. The van der Waals surface area contributed by atoms with Crippen molar-refractivity contribution in [2.75, 3.05) is 11.1 Å². The number of hydrogen-bond acceptors (Lipinski definition) is 3. The second kappa shape index (κ2) is 10.3. The van der Waals surface area contributed by atoms with E-state index in [1.807, 2.05) is 72.8 Å². The van der Waals surface area contributed by atoms with Gasteiger partial charge < -0.3 is 11.1 Å². The largest absolute Gasteiger partial charge is 0.398 e. The van der Waals surface area contributed by atoms with Crippen molar-refractivity contribution in [2.45, 2.75) is 19.8 Å². The van der Waals surface area contributed by atoms with Gasteiger partial charge >= 0.3 is 0 Å². The first kappa shape index (κ1) is 23.2. The Morgan fingerprint density at radius 3 is 2.12 bits per heavy atom. The highest BCUT2D eigenvalue weighted by atomic mass is 79.9. The van der Waals surface area contributed by atoms with Gasteiger partial charge in [0.25, 0.3) is 0 Å². The average molecular weight is 565 g/mol. The maximum absolute atomic E-state index is 13.0. The number of nitrogens with zero attached hydrogens (tertiary/aromatic N) is 1. The number of aryl methyl sites for hydroxylation is 1. The van der Waals surface area contributed by atoms with Crippen molar-refractivity contribution >= 4 is 65.6 Å². The Morgan fingerprint density at radius 2 is 1.55 bits per heavy atom. The Bertz CT molecular complexity index is 1280. The van der Waals surface area contributed by atoms with E-state index < -0.39 is 0 Å². The van der Waals surface area contributed by atoms with Gasteiger partial charge in [-0.05, 0) is 71.7 Å². The fourth-order valence-electron chi connectivity index (χ4n) is 3.67. The Hall–Kier alpha value is -2.96. The molecule has 166 valence electrons. The SMILES string of the molecule is CCCc1cc(N)c2cc(NC(=O)C=C(c3ccc(Br)cc3)c3ccc(Br)cc3)ccc2n1. The molecule has 0 bridgehead atoms. The number of nitrogens with one attached hydrogen (secondary N) is 1. The van der Waals surface area contributed by atoms with Crippen LogP contribution >= 0.6 is 31.9 Å². The minimum Gasteiger partial charge on any atom is -0.398 e. The first-order valence-electron chi connectivity index (χ1n) is 10.7. The van der Waals surface area contributed by atoms with Gasteiger partial charge in [-0.2, -0.15) is 0 Å². The van der Waals surface area contributed by atoms with E-state index in [2.05, 4.69) is 49.1 Å². The number of benzene rings is 3. The van der Waals surface area contributed by atoms with Gasteiger partial charge in [0.05, 0.1) is 5.52 Å². The fourth-order valence-corrected chi connectivity index (χ4v) is 4.20. The molecule has 0 spiro atoms. The lowest BCUT2D eigenvalue weighted by Gasteiger charge is -2.11. The number of anilines is 2. The Kier molecular flexibility index (Phi) is 7.26. The molecule has 0 aliphatic heterocycles. The molecule has 1 amide bonds. The van der Waals surface area contributed by atoms with Crippen LogP contribution in [0.3, 0.4) is 0 Å². The van der Waals surface area contributed by atoms with Crippen molar-refractivity contribution in [2.24, 2.45) is 0 Å². The van der Waals surface area contributed by atoms with Gasteiger partial charge in [-0.1, -0.05) is 69.5 Å². The normalized spacial score (nSPS) is 10.8. The molecule has 6 heteroatoms. The first-order valence-corrected chi connectivity index (χ1v) is 12.3. The summed E-state index contributed by atoms with van der Waals surface area (Å²) in [6.07, 6.45) is 3.53. The molecule has 4 rings (SSSR count). The maximum atomic E-state index is 13.0. The lowest BCUT2D eigenvalue weighted by atomic mass is 9.97. The molecule has 0 unspecified atom stereocenters. The summed E-state index contributed by atoms with van der Waals surface area (Å²) in [6, 6.07) is 23.3. The summed E-state index contributed by atoms with van der Waals surface area (Å²) >= 11 is 6.95. The highest BCUT2D eigenvalue weighted by Gasteiger charge is 2.10. The molecule has 4 aromatic rings. The molecule has 1 aromatic heterocycles. The number of hydrogen-bond donors (Lipinski definition) is 2. The number of carbonyl (C=O) groups excluding carboxylic acids is 1. The topological polar surface area (TPSA) is 68.0 Å². The molecule has 0 aliphatic rings. The molecule has 0 radical (unpaired) electrons. The quantitative estimate of drug-likeness (QED) is 0.240. The van der Waals surface area contributed by atoms with E-state index in [0.717, 1.165) is 55.1 Å². The molecule has 4 nitrogen and oxygen atoms in total. The predicted molar refractivity (Wildman–Crippen MR) is 144 cm³/mol. The standard InChI is InChI=1S/C27H23Br2N3O/c1-2-3-21-15-25(30)24-14-22(12-13-26(24)31-21)32-27(33)16-23(17-4-8-19(28)9-5-17)18-6-10-20(29)11-7-18/h4-16H,2-3H2,1H3,(H2,30,31)(H,32,33). The minimum absolute atomic E-state index is 0.218. The number of fused-ring (bicyclic) bond motifs is 1. The van der Waals surface area contributed by atoms with Crippen molar-refractivity contribution in [3.05, 3.63) is 105 Å². The van der Waals surface area contributed by atoms with E-state index in [0.29, 0.717) is 11.4 Å². The molecule has 0 saturated heterocycles. The molecule has 1 heterocycles. The minimum atomic E-state index is -0.218. The summed E-state index contributed by atoms with van der Waals surface area (Å²) in [4.78, 5) is 17.7. The zero-order valence-electron chi connectivity index (χ0n) is 18.1. The molecular formula is C27H23Br2N3O. The zero-order valence-corrected chi connectivity index (χ0v) is 21.3. The fraction of sp³-hybridized carbons (Fsp3) is 0.111. The monoisotopic (exact) mass is 563 g/mol. The molecule has 0 fully saturated rings. The van der Waals surface area contributed by atoms with E-state index in [4.69, 9.17) is 5.73 Å². The Labute approximate surface area is 210 Å². The zero-order chi connectivity index (χ0) is 23.4. The predicted octanol–water partition coefficient (Wildman–Crippen LogP) is 7.36. The maximum Gasteiger partial charge on any atom is 0.249 e. The molecular weight excluding hydrogens is 542 g/mol. The summed E-state index contributed by atoms with van der Waals surface area (Å²) in [5.74, 6) is -0.218. The van der Waals surface area contributed by atoms with Crippen LogP contribution in [0, 0.1) is 0 Å². The van der Waals surface area contributed by atoms with Gasteiger partial charge in [0.1, 0.15) is 0 Å². The van der Waals surface area contributed by atoms with Crippen molar-refractivity contribution in [3.8, 4) is 0 Å². The third-order valence-electron chi connectivity index (χ3n) is 5.25. The lowest BCUT2D eigenvalue weighted by molar-refractivity contribution is -0.111. The van der Waals surface area contributed by atoms with Crippen molar-refractivity contribution in [1.82, 2.24) is 4.98 Å². The van der Waals surface area contributed by atoms with E-state index in [9.17, 15) is 4.79 Å². The van der Waals surface area contributed by atoms with Crippen LogP contribution in [0.4, 0.5) is 11.4 Å². The second-order valence-corrected chi connectivity index (χ2v) is 9.58. The van der Waals surface area contributed by atoms with E-state index in [1.165, 1.54) is 0 Å². The van der Waals surface area contributed by atoms with Gasteiger partial charge in [-0.15, -0.1) is 0 Å². The number of aromatic nitrogens is 1. The number of carbonyl (C=O) groups is 1. The van der Waals surface area contributed by atoms with Gasteiger partial charge in [-0.25, -0.2) is 0 Å². The third-order valence-corrected chi connectivity index (χ3v) is 6.31. The van der Waals surface area contributed by atoms with Gasteiger partial charge in [-0.3, -0.25) is 9.78 Å². The summed E-state index contributed by atoms with van der Waals surface area (Å²) in [5, 5.41) is 3.81. The average Bonchev–Trinajstić information content (AvgIpc) is 2.79. The van der Waals surface area contributed by atoms with Crippen LogP contribution in [-0.4, -0.2) is 10.9 Å². The number of rotatable bonds is 6. The summed E-state index contributed by atoms with van der Waals surface area (Å²) in [7, 11) is 0. The number of nitrogens with two attached hydrogens (primary N) is 1. The van der Waals surface area contributed by atoms with Crippen molar-refractivity contribution in [3.63, 3.8) is 0 Å². The molecule has 0 aliphatic carbocycles. The highest BCUT2D eigenvalue weighted by Crippen LogP contribution is 2.28. The Morgan fingerprint density at radius 1 is 0.939 bits per heavy atom. The molecule has 0 atom stereocenters. The van der Waals surface area contributed by atoms with Crippen LogP contribution in [0.5, 0.6) is 0 Å². The van der Waals surface area contributed by atoms with E-state index >= 15 is 0 Å². The summed E-state index contributed by atoms with van der Waals surface area (Å²) in [6.45, 7) is 2.12. The van der Waals surface area contributed by atoms with Gasteiger partial charge in [0.15, 0.2) is 0 Å². The Balaban J connectivity index is 1.65. The molecule has 3 aromatic carbocycles. The smallest absolute Gasteiger partial charge is 0.249 e. The van der Waals surface area contributed by atoms with Crippen LogP contribution in [0.15, 0.2) is 87.8 Å². The highest BCUT2D eigenvalue weighted by molar-refractivity contribution is 9.10. The van der Waals surface area contributed by atoms with Crippen molar-refractivity contribution < 1.29 is 4.79 Å². The summed E-state index contributed by atoms with van der Waals surface area (Å²) < 4.78 is 1.96. The number of nitrogen functional groups attached to an aromatic ring is 1. The second-order valence-electron chi connectivity index (χ2n) is 7.75. The number of amides is 1. The first-order chi connectivity index (χ1) is 15.9. The molecule has 0 saturated carbocycles. The van der Waals surface area contributed by atoms with Crippen LogP contribution in [0.1, 0.15) is 30.2 Å². The molecule has 33 heavy (non-hydrogen) atoms. The van der Waals surface area contributed by atoms with Crippen LogP contribution in [0.2, 0.25) is 0 Å². The van der Waals surface area contributed by atoms with E-state index in [1.54, 1.807) is 6.08 Å². The van der Waals surface area contributed by atoms with Gasteiger partial charge in [0.2, 0.25) is 5.91 Å².